The lowest BCUT2D eigenvalue weighted by molar-refractivity contribution is -0.116. The number of anilines is 1. The Morgan fingerprint density at radius 2 is 2.35 bits per heavy atom. The third-order valence-corrected chi connectivity index (χ3v) is 2.16. The van der Waals surface area contributed by atoms with E-state index in [4.69, 9.17) is 11.0 Å². The number of carbonyl (C=O) groups is 1. The van der Waals surface area contributed by atoms with Crippen molar-refractivity contribution in [1.82, 2.24) is 4.98 Å². The maximum atomic E-state index is 11.0. The Labute approximate surface area is 101 Å². The molecule has 0 aromatic carbocycles. The Balaban J connectivity index is 2.95. The second-order valence-corrected chi connectivity index (χ2v) is 4.25. The third-order valence-electron chi connectivity index (χ3n) is 2.16. The number of rotatable bonds is 5. The molecule has 0 unspecified atom stereocenters. The number of primary amides is 1. The van der Waals surface area contributed by atoms with Crippen molar-refractivity contribution in [3.8, 4) is 6.07 Å². The van der Waals surface area contributed by atoms with Gasteiger partial charge < -0.3 is 10.6 Å². The summed E-state index contributed by atoms with van der Waals surface area (Å²) in [7, 11) is 0. The highest BCUT2D eigenvalue weighted by Gasteiger charge is 2.11. The van der Waals surface area contributed by atoms with Crippen molar-refractivity contribution in [3.63, 3.8) is 0 Å². The smallest absolute Gasteiger partial charge is 0.236 e. The lowest BCUT2D eigenvalue weighted by Crippen LogP contribution is -2.36. The summed E-state index contributed by atoms with van der Waals surface area (Å²) in [4.78, 5) is 16.8. The Morgan fingerprint density at radius 1 is 1.65 bits per heavy atom. The molecule has 0 aliphatic rings. The predicted octanol–water partition coefficient (Wildman–Crippen LogP) is 0.901. The molecule has 0 spiro atoms. The number of hydrogen-bond acceptors (Lipinski definition) is 4. The highest BCUT2D eigenvalue weighted by atomic mass is 16.1. The van der Waals surface area contributed by atoms with Crippen molar-refractivity contribution < 1.29 is 4.79 Å². The molecule has 5 heteroatoms. The fourth-order valence-electron chi connectivity index (χ4n) is 1.57. The van der Waals surface area contributed by atoms with E-state index in [1.807, 2.05) is 11.0 Å². The summed E-state index contributed by atoms with van der Waals surface area (Å²) in [6.45, 7) is 4.96. The fraction of sp³-hybridized carbons (Fsp3) is 0.417. The molecule has 1 heterocycles. The third kappa shape index (κ3) is 4.11. The van der Waals surface area contributed by atoms with Gasteiger partial charge in [-0.1, -0.05) is 13.8 Å². The SMILES string of the molecule is CC(C)CN(CC(N)=O)c1ccnc(C#N)c1. The molecule has 0 bridgehead atoms. The molecule has 17 heavy (non-hydrogen) atoms. The molecule has 1 amide bonds. The first-order valence-corrected chi connectivity index (χ1v) is 5.42. The molecule has 0 radical (unpaired) electrons. The van der Waals surface area contributed by atoms with Crippen molar-refractivity contribution in [3.05, 3.63) is 24.0 Å². The van der Waals surface area contributed by atoms with Gasteiger partial charge in [0.25, 0.3) is 0 Å². The summed E-state index contributed by atoms with van der Waals surface area (Å²) in [5.41, 5.74) is 6.35. The minimum Gasteiger partial charge on any atom is -0.368 e. The molecule has 90 valence electrons. The molecule has 1 aromatic heterocycles. The molecule has 0 aliphatic heterocycles. The zero-order valence-electron chi connectivity index (χ0n) is 10.1. The molecule has 0 saturated heterocycles. The van der Waals surface area contributed by atoms with Gasteiger partial charge in [0.2, 0.25) is 5.91 Å². The normalized spacial score (nSPS) is 10.0. The van der Waals surface area contributed by atoms with Crippen molar-refractivity contribution in [2.24, 2.45) is 11.7 Å². The van der Waals surface area contributed by atoms with E-state index in [1.54, 1.807) is 18.3 Å². The van der Waals surface area contributed by atoms with Crippen molar-refractivity contribution >= 4 is 11.6 Å². The lowest BCUT2D eigenvalue weighted by Gasteiger charge is -2.25. The first kappa shape index (κ1) is 13.0. The number of pyridine rings is 1. The number of aromatic nitrogens is 1. The summed E-state index contributed by atoms with van der Waals surface area (Å²) in [6.07, 6.45) is 1.56. The van der Waals surface area contributed by atoms with Crippen molar-refractivity contribution in [1.29, 1.82) is 5.26 Å². The zero-order valence-corrected chi connectivity index (χ0v) is 10.1. The quantitative estimate of drug-likeness (QED) is 0.817. The Bertz CT molecular complexity index is 436. The van der Waals surface area contributed by atoms with E-state index < -0.39 is 0 Å². The van der Waals surface area contributed by atoms with E-state index in [9.17, 15) is 4.79 Å². The van der Waals surface area contributed by atoms with E-state index >= 15 is 0 Å². The molecule has 0 saturated carbocycles. The monoisotopic (exact) mass is 232 g/mol. The number of nitrogens with zero attached hydrogens (tertiary/aromatic N) is 3. The van der Waals surface area contributed by atoms with Crippen LogP contribution in [0.2, 0.25) is 0 Å². The topological polar surface area (TPSA) is 83.0 Å². The standard InChI is InChI=1S/C12H16N4O/c1-9(2)7-16(8-12(14)17)11-3-4-15-10(5-11)6-13/h3-5,9H,7-8H2,1-2H3,(H2,14,17). The predicted molar refractivity (Wildman–Crippen MR) is 65.2 cm³/mol. The maximum Gasteiger partial charge on any atom is 0.236 e. The minimum absolute atomic E-state index is 0.146. The van der Waals surface area contributed by atoms with Gasteiger partial charge in [0.1, 0.15) is 11.8 Å². The summed E-state index contributed by atoms with van der Waals surface area (Å²) >= 11 is 0. The van der Waals surface area contributed by atoms with Crippen LogP contribution in [0.4, 0.5) is 5.69 Å². The summed E-state index contributed by atoms with van der Waals surface area (Å²) in [5, 5.41) is 8.78. The van der Waals surface area contributed by atoms with Crippen LogP contribution in [-0.2, 0) is 4.79 Å². The van der Waals surface area contributed by atoms with Crippen LogP contribution >= 0.6 is 0 Å². The van der Waals surface area contributed by atoms with Crippen molar-refractivity contribution in [2.75, 3.05) is 18.0 Å². The Hall–Kier alpha value is -2.09. The molecule has 2 N–H and O–H groups in total. The molecule has 0 aliphatic carbocycles. The van der Waals surface area contributed by atoms with E-state index in [0.29, 0.717) is 18.2 Å². The average Bonchev–Trinajstić information content (AvgIpc) is 2.27. The van der Waals surface area contributed by atoms with Crippen LogP contribution in [0.25, 0.3) is 0 Å². The largest absolute Gasteiger partial charge is 0.368 e. The first-order chi connectivity index (χ1) is 8.02. The van der Waals surface area contributed by atoms with Gasteiger partial charge in [0, 0.05) is 18.4 Å². The summed E-state index contributed by atoms with van der Waals surface area (Å²) < 4.78 is 0. The molecule has 1 aromatic rings. The Morgan fingerprint density at radius 3 is 2.88 bits per heavy atom. The van der Waals surface area contributed by atoms with Gasteiger partial charge in [-0.3, -0.25) is 4.79 Å². The second-order valence-electron chi connectivity index (χ2n) is 4.25. The van der Waals surface area contributed by atoms with Crippen LogP contribution in [0.5, 0.6) is 0 Å². The lowest BCUT2D eigenvalue weighted by atomic mass is 10.2. The molecule has 0 fully saturated rings. The van der Waals surface area contributed by atoms with E-state index in [0.717, 1.165) is 5.69 Å². The minimum atomic E-state index is -0.388. The second kappa shape index (κ2) is 5.85. The van der Waals surface area contributed by atoms with Crippen LogP contribution in [0.3, 0.4) is 0 Å². The van der Waals surface area contributed by atoms with Crippen LogP contribution in [0.15, 0.2) is 18.3 Å². The van der Waals surface area contributed by atoms with Crippen LogP contribution < -0.4 is 10.6 Å². The highest BCUT2D eigenvalue weighted by Crippen LogP contribution is 2.15. The molecular weight excluding hydrogens is 216 g/mol. The van der Waals surface area contributed by atoms with Gasteiger partial charge in [-0.05, 0) is 18.1 Å². The van der Waals surface area contributed by atoms with Crippen LogP contribution in [-0.4, -0.2) is 24.0 Å². The van der Waals surface area contributed by atoms with Gasteiger partial charge in [-0.25, -0.2) is 4.98 Å². The van der Waals surface area contributed by atoms with Gasteiger partial charge in [0.05, 0.1) is 6.54 Å². The molecule has 5 nitrogen and oxygen atoms in total. The Kier molecular flexibility index (Phi) is 4.46. The average molecular weight is 232 g/mol. The fourth-order valence-corrected chi connectivity index (χ4v) is 1.57. The molecule has 1 rings (SSSR count). The van der Waals surface area contributed by atoms with Crippen molar-refractivity contribution in [2.45, 2.75) is 13.8 Å². The number of carbonyl (C=O) groups excluding carboxylic acids is 1. The number of amides is 1. The summed E-state index contributed by atoms with van der Waals surface area (Å²) in [5.74, 6) is 0.00835. The number of nitriles is 1. The molecule has 0 atom stereocenters. The van der Waals surface area contributed by atoms with E-state index in [-0.39, 0.29) is 12.5 Å². The van der Waals surface area contributed by atoms with Gasteiger partial charge in [-0.15, -0.1) is 0 Å². The van der Waals surface area contributed by atoms with E-state index in [1.165, 1.54) is 0 Å². The molecular formula is C12H16N4O. The van der Waals surface area contributed by atoms with Gasteiger partial charge in [-0.2, -0.15) is 5.26 Å². The number of nitrogens with two attached hydrogens (primary N) is 1. The van der Waals surface area contributed by atoms with Gasteiger partial charge in [0.15, 0.2) is 0 Å². The van der Waals surface area contributed by atoms with Crippen LogP contribution in [0, 0.1) is 17.2 Å². The highest BCUT2D eigenvalue weighted by molar-refractivity contribution is 5.79. The first-order valence-electron chi connectivity index (χ1n) is 5.42. The van der Waals surface area contributed by atoms with Gasteiger partial charge >= 0.3 is 0 Å². The zero-order chi connectivity index (χ0) is 12.8. The maximum absolute atomic E-state index is 11.0. The van der Waals surface area contributed by atoms with Crippen LogP contribution in [0.1, 0.15) is 19.5 Å². The number of hydrogen-bond donors (Lipinski definition) is 1. The van der Waals surface area contributed by atoms with E-state index in [2.05, 4.69) is 18.8 Å². The summed E-state index contributed by atoms with van der Waals surface area (Å²) in [6, 6.07) is 5.40.